The molecule has 1 aromatic carbocycles. The van der Waals surface area contributed by atoms with E-state index in [1.54, 1.807) is 17.4 Å². The number of fused-ring (bicyclic) bond motifs is 1. The molecule has 3 aromatic rings. The van der Waals surface area contributed by atoms with E-state index >= 15 is 0 Å². The van der Waals surface area contributed by atoms with E-state index < -0.39 is 0 Å². The predicted octanol–water partition coefficient (Wildman–Crippen LogP) is 3.74. The fourth-order valence-corrected chi connectivity index (χ4v) is 2.65. The fourth-order valence-electron chi connectivity index (χ4n) is 2.03. The zero-order valence-corrected chi connectivity index (χ0v) is 12.0. The van der Waals surface area contributed by atoms with E-state index in [9.17, 15) is 9.90 Å². The van der Waals surface area contributed by atoms with E-state index in [0.29, 0.717) is 16.7 Å². The number of thiophene rings is 1. The number of hydrogen-bond acceptors (Lipinski definition) is 5. The van der Waals surface area contributed by atoms with Crippen LogP contribution in [0.2, 0.25) is 0 Å². The van der Waals surface area contributed by atoms with Gasteiger partial charge in [0.05, 0.1) is 12.5 Å². The lowest BCUT2D eigenvalue weighted by Gasteiger charge is -2.05. The Balaban J connectivity index is 2.19. The second-order valence-corrected chi connectivity index (χ2v) is 5.34. The molecule has 0 radical (unpaired) electrons. The molecule has 3 rings (SSSR count). The first-order valence-corrected chi connectivity index (χ1v) is 7.12. The Morgan fingerprint density at radius 1 is 1.29 bits per heavy atom. The zero-order valence-electron chi connectivity index (χ0n) is 11.2. The Morgan fingerprint density at radius 3 is 2.86 bits per heavy atom. The van der Waals surface area contributed by atoms with Crippen LogP contribution in [0.4, 0.5) is 0 Å². The van der Waals surface area contributed by atoms with Gasteiger partial charge in [-0.3, -0.25) is 4.79 Å². The van der Waals surface area contributed by atoms with Gasteiger partial charge >= 0.3 is 0 Å². The third-order valence-electron chi connectivity index (χ3n) is 3.01. The molecule has 0 bridgehead atoms. The summed E-state index contributed by atoms with van der Waals surface area (Å²) in [5.74, 6) is 0.527. The van der Waals surface area contributed by atoms with Crippen molar-refractivity contribution >= 4 is 34.5 Å². The molecule has 0 aliphatic heterocycles. The van der Waals surface area contributed by atoms with Crippen molar-refractivity contribution in [2.75, 3.05) is 7.11 Å². The molecule has 2 heterocycles. The first kappa shape index (κ1) is 13.5. The standard InChI is InChI=1S/C16H12O4S/c1-19-16-13(7-5-11-3-2-8-21-11)20-14-9-10(17)4-6-12(14)15(16)18/h2-9,17H,1H3/b7-5+. The number of aromatic hydroxyl groups is 1. The highest BCUT2D eigenvalue weighted by Gasteiger charge is 2.13. The lowest BCUT2D eigenvalue weighted by atomic mass is 10.2. The van der Waals surface area contributed by atoms with E-state index in [-0.39, 0.29) is 16.9 Å². The van der Waals surface area contributed by atoms with E-state index in [1.165, 1.54) is 25.3 Å². The van der Waals surface area contributed by atoms with Gasteiger partial charge in [-0.2, -0.15) is 0 Å². The third kappa shape index (κ3) is 2.55. The topological polar surface area (TPSA) is 59.7 Å². The molecule has 4 nitrogen and oxygen atoms in total. The van der Waals surface area contributed by atoms with Gasteiger partial charge in [-0.15, -0.1) is 11.3 Å². The molecule has 0 atom stereocenters. The van der Waals surface area contributed by atoms with Crippen LogP contribution in [-0.2, 0) is 0 Å². The van der Waals surface area contributed by atoms with Crippen LogP contribution in [-0.4, -0.2) is 12.2 Å². The quantitative estimate of drug-likeness (QED) is 0.800. The maximum absolute atomic E-state index is 12.4. The van der Waals surface area contributed by atoms with Crippen molar-refractivity contribution in [2.24, 2.45) is 0 Å². The van der Waals surface area contributed by atoms with Crippen LogP contribution in [0.1, 0.15) is 10.6 Å². The summed E-state index contributed by atoms with van der Waals surface area (Å²) in [6, 6.07) is 8.28. The van der Waals surface area contributed by atoms with Crippen molar-refractivity contribution in [2.45, 2.75) is 0 Å². The molecule has 0 aliphatic carbocycles. The summed E-state index contributed by atoms with van der Waals surface area (Å²) in [6.07, 6.45) is 3.54. The average Bonchev–Trinajstić information content (AvgIpc) is 2.98. The molecular formula is C16H12O4S. The third-order valence-corrected chi connectivity index (χ3v) is 3.84. The van der Waals surface area contributed by atoms with Crippen molar-refractivity contribution in [3.8, 4) is 11.5 Å². The van der Waals surface area contributed by atoms with Crippen molar-refractivity contribution in [1.29, 1.82) is 0 Å². The number of phenols is 1. The molecule has 0 aliphatic rings. The van der Waals surface area contributed by atoms with Crippen molar-refractivity contribution in [3.63, 3.8) is 0 Å². The van der Waals surface area contributed by atoms with E-state index in [2.05, 4.69) is 0 Å². The largest absolute Gasteiger partial charge is 0.508 e. The Kier molecular flexibility index (Phi) is 3.50. The van der Waals surface area contributed by atoms with Crippen molar-refractivity contribution in [1.82, 2.24) is 0 Å². The van der Waals surface area contributed by atoms with Crippen LogP contribution in [0.15, 0.2) is 44.9 Å². The summed E-state index contributed by atoms with van der Waals surface area (Å²) >= 11 is 1.58. The van der Waals surface area contributed by atoms with Gasteiger partial charge in [-0.25, -0.2) is 0 Å². The molecule has 0 fully saturated rings. The second-order valence-electron chi connectivity index (χ2n) is 4.36. The second kappa shape index (κ2) is 5.46. The minimum absolute atomic E-state index is 0.0454. The first-order chi connectivity index (χ1) is 10.2. The number of hydrogen-bond donors (Lipinski definition) is 1. The van der Waals surface area contributed by atoms with Crippen LogP contribution in [0.3, 0.4) is 0 Å². The summed E-state index contributed by atoms with van der Waals surface area (Å²) in [5.41, 5.74) is 0.0659. The van der Waals surface area contributed by atoms with Crippen LogP contribution in [0, 0.1) is 0 Å². The van der Waals surface area contributed by atoms with Crippen LogP contribution < -0.4 is 10.2 Å². The van der Waals surface area contributed by atoms with Gasteiger partial charge in [-0.1, -0.05) is 6.07 Å². The number of ether oxygens (including phenoxy) is 1. The maximum Gasteiger partial charge on any atom is 0.235 e. The van der Waals surface area contributed by atoms with Crippen LogP contribution in [0.25, 0.3) is 23.1 Å². The molecule has 5 heteroatoms. The molecule has 0 unspecified atom stereocenters. The Hall–Kier alpha value is -2.53. The normalized spacial score (nSPS) is 11.3. The van der Waals surface area contributed by atoms with Gasteiger partial charge in [-0.05, 0) is 35.7 Å². The number of phenolic OH excluding ortho intramolecular Hbond substituents is 1. The van der Waals surface area contributed by atoms with Crippen LogP contribution >= 0.6 is 11.3 Å². The average molecular weight is 300 g/mol. The monoisotopic (exact) mass is 300 g/mol. The molecular weight excluding hydrogens is 288 g/mol. The Bertz CT molecular complexity index is 860. The number of methoxy groups -OCH3 is 1. The molecule has 0 amide bonds. The molecule has 0 spiro atoms. The Morgan fingerprint density at radius 2 is 2.14 bits per heavy atom. The molecule has 0 saturated heterocycles. The summed E-state index contributed by atoms with van der Waals surface area (Å²) in [6.45, 7) is 0. The highest BCUT2D eigenvalue weighted by atomic mass is 32.1. The van der Waals surface area contributed by atoms with Gasteiger partial charge in [0.2, 0.25) is 11.2 Å². The van der Waals surface area contributed by atoms with Crippen molar-refractivity contribution in [3.05, 3.63) is 56.6 Å². The minimum Gasteiger partial charge on any atom is -0.508 e. The molecule has 1 N–H and O–H groups in total. The van der Waals surface area contributed by atoms with Gasteiger partial charge in [0.25, 0.3) is 0 Å². The predicted molar refractivity (Wildman–Crippen MR) is 83.9 cm³/mol. The van der Waals surface area contributed by atoms with Gasteiger partial charge in [0.1, 0.15) is 11.3 Å². The highest BCUT2D eigenvalue weighted by molar-refractivity contribution is 7.10. The SMILES string of the molecule is COc1c(/C=C/c2cccs2)oc2cc(O)ccc2c1=O. The molecule has 2 aromatic heterocycles. The first-order valence-electron chi connectivity index (χ1n) is 6.24. The van der Waals surface area contributed by atoms with Crippen molar-refractivity contribution < 1.29 is 14.3 Å². The molecule has 21 heavy (non-hydrogen) atoms. The summed E-state index contributed by atoms with van der Waals surface area (Å²) < 4.78 is 10.8. The van der Waals surface area contributed by atoms with E-state index in [1.807, 2.05) is 23.6 Å². The minimum atomic E-state index is -0.260. The van der Waals surface area contributed by atoms with E-state index in [0.717, 1.165) is 4.88 Å². The lowest BCUT2D eigenvalue weighted by molar-refractivity contribution is 0.391. The molecule has 0 saturated carbocycles. The van der Waals surface area contributed by atoms with Gasteiger partial charge < -0.3 is 14.3 Å². The highest BCUT2D eigenvalue weighted by Crippen LogP contribution is 2.25. The maximum atomic E-state index is 12.4. The van der Waals surface area contributed by atoms with Crippen LogP contribution in [0.5, 0.6) is 11.5 Å². The molecule has 106 valence electrons. The van der Waals surface area contributed by atoms with E-state index in [4.69, 9.17) is 9.15 Å². The van der Waals surface area contributed by atoms with Gasteiger partial charge in [0, 0.05) is 10.9 Å². The van der Waals surface area contributed by atoms with Gasteiger partial charge in [0.15, 0.2) is 5.76 Å². The zero-order chi connectivity index (χ0) is 14.8. The lowest BCUT2D eigenvalue weighted by Crippen LogP contribution is -2.07. The smallest absolute Gasteiger partial charge is 0.235 e. The number of rotatable bonds is 3. The Labute approximate surface area is 124 Å². The fraction of sp³-hybridized carbons (Fsp3) is 0.0625. The number of benzene rings is 1. The summed E-state index contributed by atoms with van der Waals surface area (Å²) in [5, 5.41) is 11.8. The summed E-state index contributed by atoms with van der Waals surface area (Å²) in [4.78, 5) is 13.4. The summed E-state index contributed by atoms with van der Waals surface area (Å²) in [7, 11) is 1.43.